The van der Waals surface area contributed by atoms with Gasteiger partial charge in [-0.3, -0.25) is 4.90 Å². The van der Waals surface area contributed by atoms with E-state index >= 15 is 0 Å². The molecule has 0 aromatic carbocycles. The number of aliphatic hydroxyl groups is 1. The lowest BCUT2D eigenvalue weighted by atomic mass is 9.85. The molecule has 16 heavy (non-hydrogen) atoms. The van der Waals surface area contributed by atoms with Crippen molar-refractivity contribution in [2.45, 2.75) is 26.7 Å². The van der Waals surface area contributed by atoms with Crippen molar-refractivity contribution in [3.05, 3.63) is 0 Å². The first-order valence-corrected chi connectivity index (χ1v) is 6.14. The van der Waals surface area contributed by atoms with E-state index in [4.69, 9.17) is 15.6 Å². The highest BCUT2D eigenvalue weighted by Gasteiger charge is 2.24. The van der Waals surface area contributed by atoms with Gasteiger partial charge in [-0.15, -0.1) is 0 Å². The predicted molar refractivity (Wildman–Crippen MR) is 67.5 cm³/mol. The van der Waals surface area contributed by atoms with Crippen LogP contribution in [0.4, 0.5) is 0 Å². The zero-order valence-electron chi connectivity index (χ0n) is 11.0. The molecule has 0 aromatic rings. The Bertz CT molecular complexity index is 167. The van der Waals surface area contributed by atoms with Crippen LogP contribution in [0, 0.1) is 5.41 Å². The molecule has 98 valence electrons. The third-order valence-electron chi connectivity index (χ3n) is 2.98. The molecule has 0 rings (SSSR count). The van der Waals surface area contributed by atoms with E-state index in [0.29, 0.717) is 19.7 Å². The molecule has 0 radical (unpaired) electrons. The topological polar surface area (TPSA) is 58.7 Å². The third kappa shape index (κ3) is 6.43. The van der Waals surface area contributed by atoms with Crippen LogP contribution in [-0.4, -0.2) is 56.5 Å². The van der Waals surface area contributed by atoms with E-state index < -0.39 is 0 Å². The van der Waals surface area contributed by atoms with Crippen molar-refractivity contribution in [1.82, 2.24) is 4.90 Å². The summed E-state index contributed by atoms with van der Waals surface area (Å²) in [5, 5.41) is 9.02. The Morgan fingerprint density at radius 1 is 1.38 bits per heavy atom. The van der Waals surface area contributed by atoms with E-state index in [1.807, 2.05) is 0 Å². The van der Waals surface area contributed by atoms with E-state index in [-0.39, 0.29) is 12.0 Å². The molecule has 4 nitrogen and oxygen atoms in total. The average molecular weight is 232 g/mol. The molecule has 0 saturated heterocycles. The monoisotopic (exact) mass is 232 g/mol. The molecule has 0 aliphatic carbocycles. The van der Waals surface area contributed by atoms with E-state index in [2.05, 4.69) is 18.7 Å². The van der Waals surface area contributed by atoms with Gasteiger partial charge in [0, 0.05) is 26.7 Å². The smallest absolute Gasteiger partial charge is 0.0589 e. The number of nitrogens with zero attached hydrogens (tertiary/aromatic N) is 1. The van der Waals surface area contributed by atoms with Crippen molar-refractivity contribution in [2.75, 3.05) is 46.5 Å². The van der Waals surface area contributed by atoms with E-state index in [1.165, 1.54) is 0 Å². The second-order valence-corrected chi connectivity index (χ2v) is 4.76. The van der Waals surface area contributed by atoms with Crippen LogP contribution in [0.1, 0.15) is 26.7 Å². The lowest BCUT2D eigenvalue weighted by Gasteiger charge is -2.34. The molecule has 4 heteroatoms. The number of ether oxygens (including phenoxy) is 1. The Hall–Kier alpha value is -0.160. The molecule has 1 atom stereocenters. The summed E-state index contributed by atoms with van der Waals surface area (Å²) in [6.07, 6.45) is 2.27. The number of aliphatic hydroxyl groups excluding tert-OH is 1. The summed E-state index contributed by atoms with van der Waals surface area (Å²) in [7, 11) is 1.70. The van der Waals surface area contributed by atoms with E-state index in [0.717, 1.165) is 25.9 Å². The number of hydrogen-bond acceptors (Lipinski definition) is 4. The summed E-state index contributed by atoms with van der Waals surface area (Å²) < 4.78 is 5.07. The fourth-order valence-corrected chi connectivity index (χ4v) is 2.02. The van der Waals surface area contributed by atoms with Crippen LogP contribution >= 0.6 is 0 Å². The van der Waals surface area contributed by atoms with Gasteiger partial charge in [0.05, 0.1) is 13.2 Å². The van der Waals surface area contributed by atoms with Gasteiger partial charge in [0.15, 0.2) is 0 Å². The second-order valence-electron chi connectivity index (χ2n) is 4.76. The SMILES string of the molecule is CCCC(C)(CN)CN(CCO)CCOC. The van der Waals surface area contributed by atoms with Crippen LogP contribution in [0.5, 0.6) is 0 Å². The van der Waals surface area contributed by atoms with Gasteiger partial charge in [-0.2, -0.15) is 0 Å². The molecule has 0 amide bonds. The molecule has 1 unspecified atom stereocenters. The summed E-state index contributed by atoms with van der Waals surface area (Å²) in [5.41, 5.74) is 6.00. The zero-order chi connectivity index (χ0) is 12.4. The maximum atomic E-state index is 9.02. The summed E-state index contributed by atoms with van der Waals surface area (Å²) in [6.45, 7) is 8.46. The summed E-state index contributed by atoms with van der Waals surface area (Å²) in [5.74, 6) is 0. The van der Waals surface area contributed by atoms with Crippen molar-refractivity contribution in [3.8, 4) is 0 Å². The molecule has 0 aliphatic rings. The Balaban J connectivity index is 4.20. The molecule has 0 saturated carbocycles. The van der Waals surface area contributed by atoms with Crippen LogP contribution in [-0.2, 0) is 4.74 Å². The average Bonchev–Trinajstić information content (AvgIpc) is 2.26. The lowest BCUT2D eigenvalue weighted by molar-refractivity contribution is 0.0946. The Morgan fingerprint density at radius 3 is 2.50 bits per heavy atom. The van der Waals surface area contributed by atoms with Crippen LogP contribution < -0.4 is 5.73 Å². The largest absolute Gasteiger partial charge is 0.395 e. The molecule has 0 fully saturated rings. The lowest BCUT2D eigenvalue weighted by Crippen LogP contribution is -2.43. The maximum absolute atomic E-state index is 9.02. The molecule has 3 N–H and O–H groups in total. The van der Waals surface area contributed by atoms with Gasteiger partial charge in [0.25, 0.3) is 0 Å². The van der Waals surface area contributed by atoms with Crippen molar-refractivity contribution in [3.63, 3.8) is 0 Å². The molecule has 0 spiro atoms. The molecular weight excluding hydrogens is 204 g/mol. The fraction of sp³-hybridized carbons (Fsp3) is 1.00. The minimum absolute atomic E-state index is 0.150. The summed E-state index contributed by atoms with van der Waals surface area (Å²) in [4.78, 5) is 2.23. The number of rotatable bonds is 10. The first-order chi connectivity index (χ1) is 7.61. The fourth-order valence-electron chi connectivity index (χ4n) is 2.02. The van der Waals surface area contributed by atoms with Gasteiger partial charge in [0.2, 0.25) is 0 Å². The molecule has 0 heterocycles. The quantitative estimate of drug-likeness (QED) is 0.582. The van der Waals surface area contributed by atoms with Crippen molar-refractivity contribution < 1.29 is 9.84 Å². The highest BCUT2D eigenvalue weighted by molar-refractivity contribution is 4.79. The first kappa shape index (κ1) is 15.8. The standard InChI is InChI=1S/C12H28N2O2/c1-4-5-12(2,10-13)11-14(6-8-15)7-9-16-3/h15H,4-11,13H2,1-3H3. The van der Waals surface area contributed by atoms with Gasteiger partial charge >= 0.3 is 0 Å². The van der Waals surface area contributed by atoms with Crippen LogP contribution in [0.25, 0.3) is 0 Å². The molecule has 0 aromatic heterocycles. The highest BCUT2D eigenvalue weighted by Crippen LogP contribution is 2.22. The minimum Gasteiger partial charge on any atom is -0.395 e. The Labute approximate surface area is 99.8 Å². The van der Waals surface area contributed by atoms with Gasteiger partial charge < -0.3 is 15.6 Å². The van der Waals surface area contributed by atoms with E-state index in [1.54, 1.807) is 7.11 Å². The number of methoxy groups -OCH3 is 1. The summed E-state index contributed by atoms with van der Waals surface area (Å²) in [6, 6.07) is 0. The van der Waals surface area contributed by atoms with Crippen LogP contribution in [0.15, 0.2) is 0 Å². The van der Waals surface area contributed by atoms with Gasteiger partial charge in [-0.05, 0) is 18.4 Å². The normalized spacial score (nSPS) is 15.4. The van der Waals surface area contributed by atoms with Gasteiger partial charge in [-0.25, -0.2) is 0 Å². The van der Waals surface area contributed by atoms with Crippen LogP contribution in [0.2, 0.25) is 0 Å². The minimum atomic E-state index is 0.150. The molecule has 0 aliphatic heterocycles. The highest BCUT2D eigenvalue weighted by atomic mass is 16.5. The van der Waals surface area contributed by atoms with Crippen molar-refractivity contribution >= 4 is 0 Å². The van der Waals surface area contributed by atoms with Crippen molar-refractivity contribution in [2.24, 2.45) is 11.1 Å². The third-order valence-corrected chi connectivity index (χ3v) is 2.98. The molecule has 0 bridgehead atoms. The Kier molecular flexibility index (Phi) is 8.84. The number of hydrogen-bond donors (Lipinski definition) is 2. The number of nitrogens with two attached hydrogens (primary N) is 1. The predicted octanol–water partition coefficient (Wildman–Crippen LogP) is 0.692. The summed E-state index contributed by atoms with van der Waals surface area (Å²) >= 11 is 0. The van der Waals surface area contributed by atoms with Gasteiger partial charge in [0.1, 0.15) is 0 Å². The maximum Gasteiger partial charge on any atom is 0.0589 e. The van der Waals surface area contributed by atoms with Crippen molar-refractivity contribution in [1.29, 1.82) is 0 Å². The molecular formula is C12H28N2O2. The van der Waals surface area contributed by atoms with Crippen LogP contribution in [0.3, 0.4) is 0 Å². The van der Waals surface area contributed by atoms with E-state index in [9.17, 15) is 0 Å². The first-order valence-electron chi connectivity index (χ1n) is 6.14. The zero-order valence-corrected chi connectivity index (χ0v) is 11.0. The van der Waals surface area contributed by atoms with Gasteiger partial charge in [-0.1, -0.05) is 20.3 Å². The Morgan fingerprint density at radius 2 is 2.06 bits per heavy atom. The second kappa shape index (κ2) is 8.93.